The van der Waals surface area contributed by atoms with Crippen molar-refractivity contribution in [2.24, 2.45) is 0 Å². The molecule has 2 bridgehead atoms. The normalized spacial score (nSPS) is 31.0. The Morgan fingerprint density at radius 3 is 2.58 bits per heavy atom. The van der Waals surface area contributed by atoms with Crippen LogP contribution in [0.15, 0.2) is 34.9 Å². The lowest BCUT2D eigenvalue weighted by Crippen LogP contribution is -2.50. The molecule has 26 heavy (non-hydrogen) atoms. The van der Waals surface area contributed by atoms with Crippen molar-refractivity contribution in [1.29, 1.82) is 0 Å². The van der Waals surface area contributed by atoms with Gasteiger partial charge in [0.1, 0.15) is 17.8 Å². The van der Waals surface area contributed by atoms with Crippen LogP contribution in [-0.2, 0) is 14.3 Å². The molecular weight excluding hydrogens is 328 g/mol. The number of carbonyl (C=O) groups is 1. The van der Waals surface area contributed by atoms with Crippen LogP contribution in [0.3, 0.4) is 0 Å². The fourth-order valence-corrected chi connectivity index (χ4v) is 3.80. The summed E-state index contributed by atoms with van der Waals surface area (Å²) in [5, 5.41) is 10.6. The molecule has 4 nitrogen and oxygen atoms in total. The van der Waals surface area contributed by atoms with Crippen molar-refractivity contribution in [2.45, 2.75) is 97.1 Å². The molecule has 2 heterocycles. The van der Waals surface area contributed by atoms with E-state index < -0.39 is 11.2 Å². The fraction of sp³-hybridized carbons (Fsp3) is 0.682. The smallest absolute Gasteiger partial charge is 0.303 e. The summed E-state index contributed by atoms with van der Waals surface area (Å²) in [5.41, 5.74) is 1.87. The Morgan fingerprint density at radius 2 is 1.96 bits per heavy atom. The van der Waals surface area contributed by atoms with E-state index in [0.29, 0.717) is 6.42 Å². The molecule has 2 aliphatic rings. The van der Waals surface area contributed by atoms with Gasteiger partial charge in [-0.05, 0) is 72.3 Å². The number of hydrogen-bond acceptors (Lipinski definition) is 4. The van der Waals surface area contributed by atoms with Gasteiger partial charge < -0.3 is 14.6 Å². The number of esters is 1. The number of hydrogen-bond donors (Lipinski definition) is 1. The third kappa shape index (κ3) is 5.31. The van der Waals surface area contributed by atoms with Gasteiger partial charge in [0.25, 0.3) is 0 Å². The molecular formula is C22H34O4. The summed E-state index contributed by atoms with van der Waals surface area (Å²) in [6, 6.07) is 0. The van der Waals surface area contributed by atoms with Crippen LogP contribution >= 0.6 is 0 Å². The summed E-state index contributed by atoms with van der Waals surface area (Å²) in [6.45, 7) is 11.3. The van der Waals surface area contributed by atoms with Crippen molar-refractivity contribution in [1.82, 2.24) is 0 Å². The zero-order valence-electron chi connectivity index (χ0n) is 17.1. The Kier molecular flexibility index (Phi) is 6.51. The molecule has 3 atom stereocenters. The van der Waals surface area contributed by atoms with E-state index in [0.717, 1.165) is 31.3 Å². The highest BCUT2D eigenvalue weighted by molar-refractivity contribution is 5.66. The van der Waals surface area contributed by atoms with Crippen molar-refractivity contribution in [3.63, 3.8) is 0 Å². The highest BCUT2D eigenvalue weighted by atomic mass is 16.6. The zero-order valence-corrected chi connectivity index (χ0v) is 17.1. The van der Waals surface area contributed by atoms with Crippen LogP contribution in [0.1, 0.15) is 73.6 Å². The molecule has 3 unspecified atom stereocenters. The van der Waals surface area contributed by atoms with E-state index in [-0.39, 0.29) is 18.2 Å². The molecule has 0 saturated heterocycles. The van der Waals surface area contributed by atoms with Gasteiger partial charge in [-0.3, -0.25) is 4.79 Å². The first kappa shape index (κ1) is 20.9. The monoisotopic (exact) mass is 362 g/mol. The summed E-state index contributed by atoms with van der Waals surface area (Å²) >= 11 is 0. The van der Waals surface area contributed by atoms with E-state index >= 15 is 0 Å². The van der Waals surface area contributed by atoms with Gasteiger partial charge in [0.2, 0.25) is 0 Å². The average molecular weight is 363 g/mol. The maximum atomic E-state index is 11.7. The third-order valence-corrected chi connectivity index (χ3v) is 5.39. The van der Waals surface area contributed by atoms with Gasteiger partial charge in [-0.1, -0.05) is 29.4 Å². The van der Waals surface area contributed by atoms with Crippen LogP contribution in [0.2, 0.25) is 0 Å². The van der Waals surface area contributed by atoms with Crippen LogP contribution in [0.4, 0.5) is 0 Å². The number of allylic oxidation sites excluding steroid dienone is 3. The average Bonchev–Trinajstić information content (AvgIpc) is 2.49. The van der Waals surface area contributed by atoms with Crippen LogP contribution in [0, 0.1) is 0 Å². The maximum absolute atomic E-state index is 11.7. The summed E-state index contributed by atoms with van der Waals surface area (Å²) in [7, 11) is 0. The quantitative estimate of drug-likeness (QED) is 0.575. The molecule has 4 heteroatoms. The van der Waals surface area contributed by atoms with Gasteiger partial charge in [-0.25, -0.2) is 0 Å². The van der Waals surface area contributed by atoms with E-state index in [9.17, 15) is 9.90 Å². The van der Waals surface area contributed by atoms with Crippen LogP contribution in [0.5, 0.6) is 0 Å². The van der Waals surface area contributed by atoms with E-state index in [1.54, 1.807) is 13.8 Å². The summed E-state index contributed by atoms with van der Waals surface area (Å²) in [6.07, 6.45) is 10.0. The Hall–Kier alpha value is -1.39. The van der Waals surface area contributed by atoms with Gasteiger partial charge >= 0.3 is 5.97 Å². The molecule has 146 valence electrons. The predicted octanol–water partition coefficient (Wildman–Crippen LogP) is 4.63. The molecule has 0 amide bonds. The van der Waals surface area contributed by atoms with E-state index in [1.165, 1.54) is 18.1 Å². The van der Waals surface area contributed by atoms with Gasteiger partial charge in [0.05, 0.1) is 5.60 Å². The van der Waals surface area contributed by atoms with Crippen molar-refractivity contribution >= 4 is 5.97 Å². The number of ether oxygens (including phenoxy) is 2. The lowest BCUT2D eigenvalue weighted by Gasteiger charge is -2.44. The molecule has 1 N–H and O–H groups in total. The van der Waals surface area contributed by atoms with E-state index in [1.807, 2.05) is 6.92 Å². The summed E-state index contributed by atoms with van der Waals surface area (Å²) in [4.78, 5) is 11.7. The Balaban J connectivity index is 2.45. The number of aliphatic hydroxyl groups is 1. The lowest BCUT2D eigenvalue weighted by molar-refractivity contribution is -0.177. The van der Waals surface area contributed by atoms with Gasteiger partial charge in [-0.2, -0.15) is 0 Å². The maximum Gasteiger partial charge on any atom is 0.303 e. The minimum atomic E-state index is -0.951. The molecule has 0 aliphatic carbocycles. The Labute approximate surface area is 158 Å². The molecule has 0 spiro atoms. The first-order valence-corrected chi connectivity index (χ1v) is 9.62. The predicted molar refractivity (Wildman–Crippen MR) is 104 cm³/mol. The summed E-state index contributed by atoms with van der Waals surface area (Å²) < 4.78 is 12.2. The molecule has 0 aromatic carbocycles. The van der Waals surface area contributed by atoms with Crippen molar-refractivity contribution in [2.75, 3.05) is 0 Å². The SMILES string of the molecule is CC(=O)OC1CCC(C)=CCCC(C)=CC2OC1(C)CC=C2C(C)(C)O. The third-order valence-electron chi connectivity index (χ3n) is 5.39. The highest BCUT2D eigenvalue weighted by Crippen LogP contribution is 2.39. The van der Waals surface area contributed by atoms with E-state index in [2.05, 4.69) is 32.1 Å². The minimum Gasteiger partial charge on any atom is -0.459 e. The second-order valence-electron chi connectivity index (χ2n) is 8.51. The second-order valence-corrected chi connectivity index (χ2v) is 8.51. The van der Waals surface area contributed by atoms with Gasteiger partial charge in [-0.15, -0.1) is 0 Å². The first-order chi connectivity index (χ1) is 12.0. The van der Waals surface area contributed by atoms with Crippen molar-refractivity contribution in [3.8, 4) is 0 Å². The molecule has 0 radical (unpaired) electrons. The lowest BCUT2D eigenvalue weighted by atomic mass is 9.81. The molecule has 0 saturated carbocycles. The number of fused-ring (bicyclic) bond motifs is 2. The Bertz CT molecular complexity index is 621. The Morgan fingerprint density at radius 1 is 1.27 bits per heavy atom. The molecule has 0 aromatic heterocycles. The number of rotatable bonds is 2. The van der Waals surface area contributed by atoms with E-state index in [4.69, 9.17) is 9.47 Å². The second kappa shape index (κ2) is 8.10. The molecule has 2 rings (SSSR count). The van der Waals surface area contributed by atoms with Gasteiger partial charge in [0, 0.05) is 6.92 Å². The van der Waals surface area contributed by atoms with Crippen LogP contribution < -0.4 is 0 Å². The topological polar surface area (TPSA) is 55.8 Å². The van der Waals surface area contributed by atoms with Crippen LogP contribution in [-0.4, -0.2) is 34.5 Å². The standard InChI is InChI=1S/C22H34O4/c1-15-8-7-9-16(2)14-19-18(21(4,5)24)12-13-22(6,26-19)20(11-10-15)25-17(3)23/h8,12,14,19-20,24H,7,9-11,13H2,1-6H3. The van der Waals surface area contributed by atoms with Crippen LogP contribution in [0.25, 0.3) is 0 Å². The minimum absolute atomic E-state index is 0.283. The first-order valence-electron chi connectivity index (χ1n) is 9.62. The van der Waals surface area contributed by atoms with Crippen molar-refractivity contribution < 1.29 is 19.4 Å². The molecule has 2 aliphatic heterocycles. The molecule has 0 fully saturated rings. The van der Waals surface area contributed by atoms with Crippen molar-refractivity contribution in [3.05, 3.63) is 34.9 Å². The van der Waals surface area contributed by atoms with Gasteiger partial charge in [0.15, 0.2) is 0 Å². The summed E-state index contributed by atoms with van der Waals surface area (Å²) in [5.74, 6) is -0.283. The molecule has 0 aromatic rings. The zero-order chi connectivity index (χ0) is 19.5. The fourth-order valence-electron chi connectivity index (χ4n) is 3.80. The number of carbonyl (C=O) groups excluding carboxylic acids is 1. The largest absolute Gasteiger partial charge is 0.459 e. The highest BCUT2D eigenvalue weighted by Gasteiger charge is 2.44.